The number of ether oxygens (including phenoxy) is 1. The molecule has 144 valence electrons. The zero-order chi connectivity index (χ0) is 16.8. The minimum Gasteiger partial charge on any atom is -0.487 e. The fourth-order valence-electron chi connectivity index (χ4n) is 1.87. The van der Waals surface area contributed by atoms with Gasteiger partial charge in [0.15, 0.2) is 11.7 Å². The van der Waals surface area contributed by atoms with Crippen molar-refractivity contribution in [2.75, 3.05) is 0 Å². The highest BCUT2D eigenvalue weighted by Gasteiger charge is 2.07. The van der Waals surface area contributed by atoms with Crippen LogP contribution in [-0.4, -0.2) is 22.1 Å². The topological polar surface area (TPSA) is 126 Å². The van der Waals surface area contributed by atoms with E-state index in [4.69, 9.17) is 38.2 Å². The van der Waals surface area contributed by atoms with Crippen molar-refractivity contribution in [1.82, 2.24) is 0 Å². The lowest BCUT2D eigenvalue weighted by Crippen LogP contribution is -2.13. The molecule has 2 aromatic rings. The van der Waals surface area contributed by atoms with Gasteiger partial charge in [-0.15, -0.1) is 37.2 Å². The largest absolute Gasteiger partial charge is 0.487 e. The molecule has 0 saturated carbocycles. The first-order chi connectivity index (χ1) is 11.0. The Balaban J connectivity index is 0. The van der Waals surface area contributed by atoms with Crippen LogP contribution in [0.1, 0.15) is 16.7 Å². The summed E-state index contributed by atoms with van der Waals surface area (Å²) in [5.74, 6) is 0.438. The molecule has 0 unspecified atom stereocenters. The molecule has 0 spiro atoms. The highest BCUT2D eigenvalue weighted by Crippen LogP contribution is 2.26. The maximum atomic E-state index is 8.69. The molecule has 0 fully saturated rings. The third-order valence-electron chi connectivity index (χ3n) is 3.06. The van der Waals surface area contributed by atoms with Gasteiger partial charge in [-0.2, -0.15) is 0 Å². The van der Waals surface area contributed by atoms with Gasteiger partial charge in [0.05, 0.1) is 5.02 Å². The second-order valence-corrected chi connectivity index (χ2v) is 5.01. The summed E-state index contributed by atoms with van der Waals surface area (Å²) in [5.41, 5.74) is 12.9. The third kappa shape index (κ3) is 6.68. The third-order valence-corrected chi connectivity index (χ3v) is 3.36. The number of hydrogen-bond donors (Lipinski definition) is 4. The predicted octanol–water partition coefficient (Wildman–Crippen LogP) is 3.37. The van der Waals surface area contributed by atoms with Crippen molar-refractivity contribution in [3.05, 3.63) is 64.2 Å². The SMILES string of the molecule is Cl.Cl.Cl.N/C(=N\O)c1cccc(COc2ccc(/C(N)=N/O)cc2Cl)c1. The average molecular weight is 444 g/mol. The lowest BCUT2D eigenvalue weighted by Gasteiger charge is -2.10. The van der Waals surface area contributed by atoms with E-state index in [9.17, 15) is 0 Å². The summed E-state index contributed by atoms with van der Waals surface area (Å²) in [6, 6.07) is 11.9. The minimum atomic E-state index is -0.0371. The summed E-state index contributed by atoms with van der Waals surface area (Å²) in [4.78, 5) is 0. The number of nitrogens with two attached hydrogens (primary N) is 2. The van der Waals surface area contributed by atoms with E-state index in [2.05, 4.69) is 10.3 Å². The van der Waals surface area contributed by atoms with Crippen molar-refractivity contribution in [3.8, 4) is 5.75 Å². The van der Waals surface area contributed by atoms with Crippen molar-refractivity contribution in [2.24, 2.45) is 21.8 Å². The van der Waals surface area contributed by atoms with Gasteiger partial charge in [0.1, 0.15) is 12.4 Å². The number of amidine groups is 2. The van der Waals surface area contributed by atoms with E-state index in [1.807, 2.05) is 6.07 Å². The van der Waals surface area contributed by atoms with E-state index in [1.54, 1.807) is 36.4 Å². The molecule has 0 radical (unpaired) electrons. The van der Waals surface area contributed by atoms with Crippen molar-refractivity contribution in [1.29, 1.82) is 0 Å². The molecular formula is C15H18Cl4N4O3. The Morgan fingerprint density at radius 2 is 1.50 bits per heavy atom. The van der Waals surface area contributed by atoms with Crippen LogP contribution in [0.5, 0.6) is 5.75 Å². The molecule has 2 aromatic carbocycles. The van der Waals surface area contributed by atoms with Crippen LogP contribution in [0.4, 0.5) is 0 Å². The van der Waals surface area contributed by atoms with Gasteiger partial charge < -0.3 is 26.6 Å². The highest BCUT2D eigenvalue weighted by atomic mass is 35.5. The standard InChI is InChI=1S/C15H15ClN4O3.3ClH/c16-12-7-11(15(18)20-22)4-5-13(12)23-8-9-2-1-3-10(6-9)14(17)19-21;;;/h1-7,21-22H,8H2,(H2,17,19)(H2,18,20);3*1H. The summed E-state index contributed by atoms with van der Waals surface area (Å²) < 4.78 is 5.64. The smallest absolute Gasteiger partial charge is 0.170 e. The fourth-order valence-corrected chi connectivity index (χ4v) is 2.11. The van der Waals surface area contributed by atoms with Crippen molar-refractivity contribution in [2.45, 2.75) is 6.61 Å². The number of oxime groups is 2. The van der Waals surface area contributed by atoms with Crippen LogP contribution < -0.4 is 16.2 Å². The molecule has 0 bridgehead atoms. The van der Waals surface area contributed by atoms with Crippen LogP contribution in [0.2, 0.25) is 5.02 Å². The molecule has 0 heterocycles. The van der Waals surface area contributed by atoms with E-state index < -0.39 is 0 Å². The zero-order valence-electron chi connectivity index (χ0n) is 13.2. The molecule has 0 amide bonds. The summed E-state index contributed by atoms with van der Waals surface area (Å²) >= 11 is 6.11. The lowest BCUT2D eigenvalue weighted by molar-refractivity contribution is 0.306. The Kier molecular flexibility index (Phi) is 12.4. The van der Waals surface area contributed by atoms with Gasteiger partial charge >= 0.3 is 0 Å². The Morgan fingerprint density at radius 1 is 0.923 bits per heavy atom. The van der Waals surface area contributed by atoms with Crippen LogP contribution in [0.25, 0.3) is 0 Å². The quantitative estimate of drug-likeness (QED) is 0.244. The average Bonchev–Trinajstić information content (AvgIpc) is 2.59. The first-order valence-electron chi connectivity index (χ1n) is 6.52. The number of nitrogens with zero attached hydrogens (tertiary/aromatic N) is 2. The molecule has 0 saturated heterocycles. The Bertz CT molecular complexity index is 772. The summed E-state index contributed by atoms with van der Waals surface area (Å²) in [6.07, 6.45) is 0. The zero-order valence-corrected chi connectivity index (χ0v) is 16.4. The summed E-state index contributed by atoms with van der Waals surface area (Å²) in [7, 11) is 0. The fraction of sp³-hybridized carbons (Fsp3) is 0.0667. The first-order valence-corrected chi connectivity index (χ1v) is 6.90. The molecule has 2 rings (SSSR count). The molecule has 0 aliphatic rings. The van der Waals surface area contributed by atoms with Crippen molar-refractivity contribution >= 4 is 60.5 Å². The Labute approximate surface area is 173 Å². The van der Waals surface area contributed by atoms with E-state index >= 15 is 0 Å². The van der Waals surface area contributed by atoms with Gasteiger partial charge in [0, 0.05) is 11.1 Å². The first kappa shape index (κ1) is 26.2. The van der Waals surface area contributed by atoms with E-state index in [1.165, 1.54) is 0 Å². The molecule has 0 aliphatic heterocycles. The molecule has 0 atom stereocenters. The molecule has 7 nitrogen and oxygen atoms in total. The second-order valence-electron chi connectivity index (χ2n) is 4.60. The summed E-state index contributed by atoms with van der Waals surface area (Å²) in [6.45, 7) is 0.245. The van der Waals surface area contributed by atoms with Gasteiger partial charge in [0.25, 0.3) is 0 Å². The minimum absolute atomic E-state index is 0. The Morgan fingerprint density at radius 3 is 2.04 bits per heavy atom. The number of benzene rings is 2. The number of rotatable bonds is 5. The molecule has 6 N–H and O–H groups in total. The van der Waals surface area contributed by atoms with Gasteiger partial charge in [0.2, 0.25) is 0 Å². The Hall–Kier alpha value is -2.06. The van der Waals surface area contributed by atoms with Crippen LogP contribution in [0.3, 0.4) is 0 Å². The van der Waals surface area contributed by atoms with Crippen molar-refractivity contribution < 1.29 is 15.2 Å². The number of halogens is 4. The molecular weight excluding hydrogens is 426 g/mol. The van der Waals surface area contributed by atoms with Gasteiger partial charge in [-0.3, -0.25) is 0 Å². The summed E-state index contributed by atoms with van der Waals surface area (Å²) in [5, 5.41) is 23.5. The highest BCUT2D eigenvalue weighted by molar-refractivity contribution is 6.32. The molecule has 11 heteroatoms. The number of hydrogen-bond acceptors (Lipinski definition) is 5. The van der Waals surface area contributed by atoms with Gasteiger partial charge in [-0.25, -0.2) is 0 Å². The van der Waals surface area contributed by atoms with Crippen molar-refractivity contribution in [3.63, 3.8) is 0 Å². The van der Waals surface area contributed by atoms with Gasteiger partial charge in [-0.1, -0.05) is 40.1 Å². The lowest BCUT2D eigenvalue weighted by atomic mass is 10.1. The van der Waals surface area contributed by atoms with Crippen LogP contribution in [0.15, 0.2) is 52.8 Å². The maximum absolute atomic E-state index is 8.69. The molecule has 26 heavy (non-hydrogen) atoms. The van der Waals surface area contributed by atoms with E-state index in [0.29, 0.717) is 21.9 Å². The van der Waals surface area contributed by atoms with Crippen LogP contribution in [0, 0.1) is 0 Å². The van der Waals surface area contributed by atoms with Crippen LogP contribution >= 0.6 is 48.8 Å². The molecule has 0 aliphatic carbocycles. The van der Waals surface area contributed by atoms with Gasteiger partial charge in [-0.05, 0) is 29.8 Å². The monoisotopic (exact) mass is 442 g/mol. The van der Waals surface area contributed by atoms with E-state index in [-0.39, 0.29) is 55.5 Å². The molecule has 0 aromatic heterocycles. The maximum Gasteiger partial charge on any atom is 0.170 e. The van der Waals surface area contributed by atoms with E-state index in [0.717, 1.165) is 5.56 Å². The predicted molar refractivity (Wildman–Crippen MR) is 109 cm³/mol. The second kappa shape index (κ2) is 12.3. The normalized spacial score (nSPS) is 10.8. The van der Waals surface area contributed by atoms with Crippen LogP contribution in [-0.2, 0) is 6.61 Å².